The molecule has 5 nitrogen and oxygen atoms in total. The first-order valence-electron chi connectivity index (χ1n) is 7.65. The number of aliphatic imine (C=N–C) groups is 1. The van der Waals surface area contributed by atoms with Gasteiger partial charge in [-0.15, -0.1) is 24.0 Å². The van der Waals surface area contributed by atoms with Crippen LogP contribution in [0.3, 0.4) is 0 Å². The van der Waals surface area contributed by atoms with Gasteiger partial charge < -0.3 is 20.5 Å². The molecule has 24 heavy (non-hydrogen) atoms. The predicted molar refractivity (Wildman–Crippen MR) is 108 cm³/mol. The number of nitrogens with one attached hydrogen (secondary N) is 2. The zero-order valence-electron chi connectivity index (χ0n) is 14.0. The largest absolute Gasteiger partial charge is 0.508 e. The molecule has 130 valence electrons. The lowest BCUT2D eigenvalue weighted by atomic mass is 10.2. The number of aromatic hydroxyl groups is 1. The lowest BCUT2D eigenvalue weighted by Gasteiger charge is -2.13. The van der Waals surface area contributed by atoms with Gasteiger partial charge in [0.2, 0.25) is 0 Å². The normalized spacial score (nSPS) is 10.7. The number of halogens is 1. The number of phenolic OH excluding ortho intramolecular Hbond substituents is 1. The van der Waals surface area contributed by atoms with Crippen molar-refractivity contribution in [2.75, 3.05) is 13.7 Å². The van der Waals surface area contributed by atoms with E-state index in [4.69, 9.17) is 4.74 Å². The maximum Gasteiger partial charge on any atom is 0.191 e. The van der Waals surface area contributed by atoms with Crippen molar-refractivity contribution >= 4 is 29.9 Å². The summed E-state index contributed by atoms with van der Waals surface area (Å²) in [7, 11) is 1.61. The number of phenols is 1. The van der Waals surface area contributed by atoms with Gasteiger partial charge in [-0.1, -0.05) is 30.3 Å². The Hall–Kier alpha value is -1.96. The molecule has 0 heterocycles. The summed E-state index contributed by atoms with van der Waals surface area (Å²) < 4.78 is 5.18. The Morgan fingerprint density at radius 1 is 1.12 bits per heavy atom. The fourth-order valence-corrected chi connectivity index (χ4v) is 2.10. The zero-order chi connectivity index (χ0) is 16.5. The Labute approximate surface area is 160 Å². The van der Waals surface area contributed by atoms with Crippen LogP contribution in [-0.4, -0.2) is 24.7 Å². The molecule has 0 radical (unpaired) electrons. The molecule has 0 atom stereocenters. The summed E-state index contributed by atoms with van der Waals surface area (Å²) in [6.07, 6.45) is 0. The highest BCUT2D eigenvalue weighted by atomic mass is 127. The van der Waals surface area contributed by atoms with Crippen molar-refractivity contribution in [2.24, 2.45) is 4.99 Å². The Morgan fingerprint density at radius 2 is 1.88 bits per heavy atom. The maximum atomic E-state index is 9.93. The number of methoxy groups -OCH3 is 1. The monoisotopic (exact) mass is 441 g/mol. The summed E-state index contributed by atoms with van der Waals surface area (Å²) in [4.78, 5) is 4.55. The molecule has 2 aromatic rings. The molecule has 0 spiro atoms. The molecular weight excluding hydrogens is 417 g/mol. The van der Waals surface area contributed by atoms with E-state index in [-0.39, 0.29) is 29.7 Å². The zero-order valence-corrected chi connectivity index (χ0v) is 16.3. The standard InChI is InChI=1S/C18H23N3O2.HI/c1-3-19-18(20-12-14-7-5-4-6-8-14)21-13-15-11-16(23-2)9-10-17(15)22;/h4-11,22H,3,12-13H2,1-2H3,(H2,19,20,21);1H. The average molecular weight is 441 g/mol. The van der Waals surface area contributed by atoms with E-state index in [0.717, 1.165) is 17.7 Å². The molecule has 2 rings (SSSR count). The number of nitrogens with zero attached hydrogens (tertiary/aromatic N) is 1. The minimum atomic E-state index is 0. The summed E-state index contributed by atoms with van der Waals surface area (Å²) in [5.41, 5.74) is 1.91. The van der Waals surface area contributed by atoms with Gasteiger partial charge in [-0.05, 0) is 30.7 Å². The van der Waals surface area contributed by atoms with Crippen LogP contribution >= 0.6 is 24.0 Å². The smallest absolute Gasteiger partial charge is 0.191 e. The van der Waals surface area contributed by atoms with Crippen LogP contribution in [0.15, 0.2) is 53.5 Å². The number of rotatable bonds is 6. The third-order valence-electron chi connectivity index (χ3n) is 3.34. The third-order valence-corrected chi connectivity index (χ3v) is 3.34. The second kappa shape index (κ2) is 10.7. The topological polar surface area (TPSA) is 65.9 Å². The summed E-state index contributed by atoms with van der Waals surface area (Å²) in [6, 6.07) is 15.2. The summed E-state index contributed by atoms with van der Waals surface area (Å²) in [5.74, 6) is 1.65. The van der Waals surface area contributed by atoms with Gasteiger partial charge in [-0.3, -0.25) is 0 Å². The van der Waals surface area contributed by atoms with Gasteiger partial charge in [0.05, 0.1) is 13.7 Å². The Kier molecular flexibility index (Phi) is 8.99. The van der Waals surface area contributed by atoms with Crippen LogP contribution in [0, 0.1) is 0 Å². The van der Waals surface area contributed by atoms with E-state index < -0.39 is 0 Å². The van der Waals surface area contributed by atoms with Crippen LogP contribution in [0.4, 0.5) is 0 Å². The van der Waals surface area contributed by atoms with Gasteiger partial charge in [0.25, 0.3) is 0 Å². The highest BCUT2D eigenvalue weighted by Crippen LogP contribution is 2.22. The van der Waals surface area contributed by atoms with Crippen LogP contribution in [0.1, 0.15) is 18.1 Å². The SMILES string of the molecule is CCNC(=NCc1ccccc1)NCc1cc(OC)ccc1O.I. The first-order valence-corrected chi connectivity index (χ1v) is 7.65. The minimum absolute atomic E-state index is 0. The highest BCUT2D eigenvalue weighted by molar-refractivity contribution is 14.0. The van der Waals surface area contributed by atoms with Crippen LogP contribution < -0.4 is 15.4 Å². The minimum Gasteiger partial charge on any atom is -0.508 e. The quantitative estimate of drug-likeness (QED) is 0.366. The summed E-state index contributed by atoms with van der Waals surface area (Å²) in [6.45, 7) is 3.84. The van der Waals surface area contributed by atoms with Crippen molar-refractivity contribution in [1.29, 1.82) is 0 Å². The number of hydrogen-bond acceptors (Lipinski definition) is 3. The Balaban J connectivity index is 0.00000288. The van der Waals surface area contributed by atoms with E-state index in [1.165, 1.54) is 0 Å². The van der Waals surface area contributed by atoms with Crippen LogP contribution in [0.5, 0.6) is 11.5 Å². The van der Waals surface area contributed by atoms with Crippen LogP contribution in [0.2, 0.25) is 0 Å². The number of ether oxygens (including phenoxy) is 1. The molecule has 2 aromatic carbocycles. The first-order chi connectivity index (χ1) is 11.2. The predicted octanol–water partition coefficient (Wildman–Crippen LogP) is 3.27. The number of hydrogen-bond donors (Lipinski definition) is 3. The Bertz CT molecular complexity index is 648. The molecule has 0 unspecified atom stereocenters. The molecule has 0 aliphatic carbocycles. The first kappa shape index (κ1) is 20.1. The fraction of sp³-hybridized carbons (Fsp3) is 0.278. The van der Waals surface area contributed by atoms with Crippen LogP contribution in [-0.2, 0) is 13.1 Å². The van der Waals surface area contributed by atoms with E-state index in [2.05, 4.69) is 15.6 Å². The fourth-order valence-electron chi connectivity index (χ4n) is 2.10. The molecule has 6 heteroatoms. The molecule has 0 aromatic heterocycles. The van der Waals surface area contributed by atoms with E-state index in [1.807, 2.05) is 43.3 Å². The lowest BCUT2D eigenvalue weighted by molar-refractivity contribution is 0.410. The lowest BCUT2D eigenvalue weighted by Crippen LogP contribution is -2.36. The van der Waals surface area contributed by atoms with Gasteiger partial charge in [0.1, 0.15) is 11.5 Å². The van der Waals surface area contributed by atoms with Crippen molar-refractivity contribution in [3.05, 3.63) is 59.7 Å². The molecule has 3 N–H and O–H groups in total. The number of guanidine groups is 1. The van der Waals surface area contributed by atoms with Crippen molar-refractivity contribution in [3.8, 4) is 11.5 Å². The van der Waals surface area contributed by atoms with Gasteiger partial charge in [0, 0.05) is 18.7 Å². The van der Waals surface area contributed by atoms with E-state index in [1.54, 1.807) is 19.2 Å². The van der Waals surface area contributed by atoms with Crippen molar-refractivity contribution < 1.29 is 9.84 Å². The second-order valence-corrected chi connectivity index (χ2v) is 5.03. The average Bonchev–Trinajstić information content (AvgIpc) is 2.59. The molecule has 0 saturated carbocycles. The maximum absolute atomic E-state index is 9.93. The van der Waals surface area contributed by atoms with Crippen molar-refractivity contribution in [3.63, 3.8) is 0 Å². The molecule has 0 bridgehead atoms. The second-order valence-electron chi connectivity index (χ2n) is 5.03. The molecule has 0 saturated heterocycles. The van der Waals surface area contributed by atoms with Crippen molar-refractivity contribution in [1.82, 2.24) is 10.6 Å². The molecule has 0 aliphatic heterocycles. The molecule has 0 fully saturated rings. The highest BCUT2D eigenvalue weighted by Gasteiger charge is 2.05. The molecular formula is C18H24IN3O2. The van der Waals surface area contributed by atoms with Crippen molar-refractivity contribution in [2.45, 2.75) is 20.0 Å². The molecule has 0 aliphatic rings. The van der Waals surface area contributed by atoms with Gasteiger partial charge >= 0.3 is 0 Å². The van der Waals surface area contributed by atoms with E-state index >= 15 is 0 Å². The van der Waals surface area contributed by atoms with Crippen LogP contribution in [0.25, 0.3) is 0 Å². The van der Waals surface area contributed by atoms with Gasteiger partial charge in [-0.2, -0.15) is 0 Å². The summed E-state index contributed by atoms with van der Waals surface area (Å²) >= 11 is 0. The van der Waals surface area contributed by atoms with E-state index in [0.29, 0.717) is 24.8 Å². The summed E-state index contributed by atoms with van der Waals surface area (Å²) in [5, 5.41) is 16.3. The van der Waals surface area contributed by atoms with E-state index in [9.17, 15) is 5.11 Å². The molecule has 0 amide bonds. The number of benzene rings is 2. The van der Waals surface area contributed by atoms with Gasteiger partial charge in [-0.25, -0.2) is 4.99 Å². The Morgan fingerprint density at radius 3 is 2.54 bits per heavy atom. The van der Waals surface area contributed by atoms with Gasteiger partial charge in [0.15, 0.2) is 5.96 Å². The third kappa shape index (κ3) is 6.27.